The SMILES string of the molecule is CCCCCC(C)(O)CS[C@H]1[C@H](O)CC(O)[C@@H]1CCCCCCC(=O)Oc1ccc(NC(=O)c2ccccc2)cc1. The van der Waals surface area contributed by atoms with Gasteiger partial charge in [-0.2, -0.15) is 11.8 Å². The lowest BCUT2D eigenvalue weighted by Crippen LogP contribution is -2.32. The number of benzene rings is 2. The number of anilines is 1. The van der Waals surface area contributed by atoms with Gasteiger partial charge < -0.3 is 25.4 Å². The lowest BCUT2D eigenvalue weighted by atomic mass is 9.97. The Hall–Kier alpha value is -2.39. The van der Waals surface area contributed by atoms with Crippen molar-refractivity contribution >= 4 is 29.3 Å². The number of thioether (sulfide) groups is 1. The van der Waals surface area contributed by atoms with Gasteiger partial charge in [-0.05, 0) is 68.5 Å². The summed E-state index contributed by atoms with van der Waals surface area (Å²) in [5.74, 6) is 0.535. The summed E-state index contributed by atoms with van der Waals surface area (Å²) in [6.45, 7) is 4.02. The first-order chi connectivity index (χ1) is 19.7. The van der Waals surface area contributed by atoms with Gasteiger partial charge in [0.15, 0.2) is 0 Å². The highest BCUT2D eigenvalue weighted by Gasteiger charge is 2.42. The zero-order chi connectivity index (χ0) is 29.7. The summed E-state index contributed by atoms with van der Waals surface area (Å²) >= 11 is 1.60. The molecular weight excluding hydrogens is 538 g/mol. The van der Waals surface area contributed by atoms with Crippen molar-refractivity contribution in [3.8, 4) is 5.75 Å². The predicted octanol–water partition coefficient (Wildman–Crippen LogP) is 6.36. The van der Waals surface area contributed by atoms with Crippen molar-refractivity contribution in [2.45, 2.75) is 108 Å². The lowest BCUT2D eigenvalue weighted by molar-refractivity contribution is -0.134. The Kier molecular flexibility index (Phi) is 13.7. The molecule has 1 fully saturated rings. The minimum Gasteiger partial charge on any atom is -0.427 e. The summed E-state index contributed by atoms with van der Waals surface area (Å²) in [6.07, 6.45) is 7.92. The normalized spacial score (nSPS) is 21.8. The number of hydrogen-bond acceptors (Lipinski definition) is 7. The molecule has 0 saturated heterocycles. The molecule has 0 radical (unpaired) electrons. The second kappa shape index (κ2) is 16.9. The van der Waals surface area contributed by atoms with Crippen molar-refractivity contribution < 1.29 is 29.6 Å². The number of aliphatic hydroxyl groups excluding tert-OH is 2. The number of aliphatic hydroxyl groups is 3. The van der Waals surface area contributed by atoms with Crippen molar-refractivity contribution in [3.05, 3.63) is 60.2 Å². The van der Waals surface area contributed by atoms with Gasteiger partial charge in [0.05, 0.1) is 17.8 Å². The third-order valence-electron chi connectivity index (χ3n) is 7.73. The average Bonchev–Trinajstić information content (AvgIpc) is 3.22. The molecule has 0 aliphatic heterocycles. The van der Waals surface area contributed by atoms with Crippen LogP contribution in [0.3, 0.4) is 0 Å². The second-order valence-corrected chi connectivity index (χ2v) is 12.7. The first-order valence-corrected chi connectivity index (χ1v) is 16.1. The van der Waals surface area contributed by atoms with Crippen molar-refractivity contribution in [1.29, 1.82) is 0 Å². The molecule has 3 rings (SSSR count). The Morgan fingerprint density at radius 1 is 0.951 bits per heavy atom. The van der Waals surface area contributed by atoms with Crippen LogP contribution in [0.1, 0.15) is 94.8 Å². The van der Waals surface area contributed by atoms with E-state index in [2.05, 4.69) is 12.2 Å². The van der Waals surface area contributed by atoms with Gasteiger partial charge in [-0.1, -0.05) is 63.6 Å². The smallest absolute Gasteiger partial charge is 0.311 e. The Morgan fingerprint density at radius 3 is 2.37 bits per heavy atom. The lowest BCUT2D eigenvalue weighted by Gasteiger charge is -2.28. The predicted molar refractivity (Wildman–Crippen MR) is 165 cm³/mol. The molecule has 2 aromatic carbocycles. The van der Waals surface area contributed by atoms with Gasteiger partial charge in [0, 0.05) is 35.1 Å². The summed E-state index contributed by atoms with van der Waals surface area (Å²) in [7, 11) is 0. The number of rotatable bonds is 17. The zero-order valence-corrected chi connectivity index (χ0v) is 25.3. The Balaban J connectivity index is 1.31. The fourth-order valence-electron chi connectivity index (χ4n) is 5.34. The van der Waals surface area contributed by atoms with Crippen LogP contribution in [0.5, 0.6) is 5.75 Å². The van der Waals surface area contributed by atoms with Crippen LogP contribution in [0, 0.1) is 5.92 Å². The van der Waals surface area contributed by atoms with Crippen LogP contribution in [0.15, 0.2) is 54.6 Å². The number of hydrogen-bond donors (Lipinski definition) is 4. The summed E-state index contributed by atoms with van der Waals surface area (Å²) in [4.78, 5) is 24.6. The monoisotopic (exact) mass is 585 g/mol. The number of nitrogens with one attached hydrogen (secondary N) is 1. The molecule has 8 heteroatoms. The highest BCUT2D eigenvalue weighted by molar-refractivity contribution is 8.00. The largest absolute Gasteiger partial charge is 0.427 e. The maximum absolute atomic E-state index is 12.3. The van der Waals surface area contributed by atoms with Crippen LogP contribution in [0.2, 0.25) is 0 Å². The maximum Gasteiger partial charge on any atom is 0.311 e. The van der Waals surface area contributed by atoms with Gasteiger partial charge in [0.1, 0.15) is 5.75 Å². The van der Waals surface area contributed by atoms with Gasteiger partial charge >= 0.3 is 5.97 Å². The van der Waals surface area contributed by atoms with Crippen LogP contribution < -0.4 is 10.1 Å². The number of esters is 1. The summed E-state index contributed by atoms with van der Waals surface area (Å²) in [5, 5.41) is 34.6. The molecule has 226 valence electrons. The van der Waals surface area contributed by atoms with E-state index in [1.807, 2.05) is 25.1 Å². The molecule has 1 saturated carbocycles. The minimum absolute atomic E-state index is 0.0202. The minimum atomic E-state index is -0.757. The van der Waals surface area contributed by atoms with E-state index >= 15 is 0 Å². The highest BCUT2D eigenvalue weighted by atomic mass is 32.2. The first-order valence-electron chi connectivity index (χ1n) is 15.1. The van der Waals surface area contributed by atoms with Crippen LogP contribution in [0.25, 0.3) is 0 Å². The molecule has 0 spiro atoms. The summed E-state index contributed by atoms with van der Waals surface area (Å²) < 4.78 is 5.44. The fraction of sp³-hybridized carbons (Fsp3) is 0.576. The van der Waals surface area contributed by atoms with Crippen molar-refractivity contribution in [2.24, 2.45) is 5.92 Å². The zero-order valence-electron chi connectivity index (χ0n) is 24.5. The van der Waals surface area contributed by atoms with Crippen LogP contribution in [-0.4, -0.2) is 56.0 Å². The molecule has 1 aliphatic carbocycles. The van der Waals surface area contributed by atoms with Gasteiger partial charge in [-0.15, -0.1) is 0 Å². The molecule has 5 atom stereocenters. The van der Waals surface area contributed by atoms with Gasteiger partial charge in [0.2, 0.25) is 0 Å². The molecule has 2 aromatic rings. The standard InChI is InChI=1S/C33H47NO6S/c1-3-4-12-21-33(2,39)23-41-31-27(28(35)22-29(31)36)15-10-5-6-11-16-30(37)40-26-19-17-25(18-20-26)34-32(38)24-13-8-7-9-14-24/h7-9,13-14,17-20,27-29,31,35-36,39H,3-6,10-12,15-16,21-23H2,1-2H3,(H,34,38)/t27-,28?,29+,31+,33?/m0/s1. The second-order valence-electron chi connectivity index (χ2n) is 11.5. The highest BCUT2D eigenvalue weighted by Crippen LogP contribution is 2.40. The van der Waals surface area contributed by atoms with E-state index in [4.69, 9.17) is 4.74 Å². The molecule has 2 unspecified atom stereocenters. The van der Waals surface area contributed by atoms with E-state index in [-0.39, 0.29) is 23.0 Å². The number of ether oxygens (including phenoxy) is 1. The quantitative estimate of drug-likeness (QED) is 0.0970. The van der Waals surface area contributed by atoms with Crippen molar-refractivity contribution in [3.63, 3.8) is 0 Å². The van der Waals surface area contributed by atoms with E-state index in [0.717, 1.165) is 57.8 Å². The Labute approximate surface area is 249 Å². The number of amides is 1. The molecule has 1 aliphatic rings. The number of carbonyl (C=O) groups is 2. The Morgan fingerprint density at radius 2 is 1.66 bits per heavy atom. The molecular formula is C33H47NO6S. The van der Waals surface area contributed by atoms with E-state index in [0.29, 0.717) is 35.6 Å². The van der Waals surface area contributed by atoms with Gasteiger partial charge in [-0.3, -0.25) is 9.59 Å². The van der Waals surface area contributed by atoms with Crippen molar-refractivity contribution in [1.82, 2.24) is 0 Å². The van der Waals surface area contributed by atoms with Crippen molar-refractivity contribution in [2.75, 3.05) is 11.1 Å². The molecule has 41 heavy (non-hydrogen) atoms. The van der Waals surface area contributed by atoms with E-state index < -0.39 is 17.8 Å². The van der Waals surface area contributed by atoms with Gasteiger partial charge in [0.25, 0.3) is 5.91 Å². The Bertz CT molecular complexity index is 1060. The third-order valence-corrected chi connectivity index (χ3v) is 9.57. The molecule has 0 heterocycles. The van der Waals surface area contributed by atoms with Crippen LogP contribution in [0.4, 0.5) is 5.69 Å². The molecule has 0 bridgehead atoms. The third kappa shape index (κ3) is 11.4. The summed E-state index contributed by atoms with van der Waals surface area (Å²) in [6, 6.07) is 15.7. The molecule has 0 aromatic heterocycles. The fourth-order valence-corrected chi connectivity index (χ4v) is 6.93. The number of unbranched alkanes of at least 4 members (excludes halogenated alkanes) is 5. The summed E-state index contributed by atoms with van der Waals surface area (Å²) in [5.41, 5.74) is 0.435. The average molecular weight is 586 g/mol. The van der Waals surface area contributed by atoms with E-state index in [9.17, 15) is 24.9 Å². The molecule has 7 nitrogen and oxygen atoms in total. The van der Waals surface area contributed by atoms with E-state index in [1.54, 1.807) is 48.2 Å². The number of carbonyl (C=O) groups excluding carboxylic acids is 2. The first kappa shape index (κ1) is 33.1. The topological polar surface area (TPSA) is 116 Å². The molecule has 4 N–H and O–H groups in total. The maximum atomic E-state index is 12.3. The van der Waals surface area contributed by atoms with Crippen LogP contribution in [-0.2, 0) is 4.79 Å². The van der Waals surface area contributed by atoms with E-state index in [1.165, 1.54) is 0 Å². The van der Waals surface area contributed by atoms with Crippen LogP contribution >= 0.6 is 11.8 Å². The molecule has 1 amide bonds. The van der Waals surface area contributed by atoms with Gasteiger partial charge in [-0.25, -0.2) is 0 Å².